The van der Waals surface area contributed by atoms with E-state index in [1.54, 1.807) is 13.3 Å². The number of nitrogens with zero attached hydrogens (tertiary/aromatic N) is 1. The van der Waals surface area contributed by atoms with Gasteiger partial charge in [-0.25, -0.2) is 0 Å². The summed E-state index contributed by atoms with van der Waals surface area (Å²) >= 11 is 0. The molecule has 0 aliphatic rings. The molecule has 0 rings (SSSR count). The van der Waals surface area contributed by atoms with Gasteiger partial charge in [-0.2, -0.15) is 0 Å². The van der Waals surface area contributed by atoms with Crippen molar-refractivity contribution >= 4 is 6.21 Å². The Labute approximate surface area is 74.5 Å². The van der Waals surface area contributed by atoms with E-state index in [-0.39, 0.29) is 0 Å². The highest BCUT2D eigenvalue weighted by Gasteiger charge is 1.68. The van der Waals surface area contributed by atoms with Crippen LogP contribution in [0.3, 0.4) is 0 Å². The summed E-state index contributed by atoms with van der Waals surface area (Å²) in [6.45, 7) is 5.70. The molecule has 0 N–H and O–H groups in total. The van der Waals surface area contributed by atoms with Crippen LogP contribution < -0.4 is 0 Å². The van der Waals surface area contributed by atoms with Gasteiger partial charge in [-0.05, 0) is 13.0 Å². The number of rotatable bonds is 4. The van der Waals surface area contributed by atoms with Crippen LogP contribution >= 0.6 is 0 Å². The first-order valence-electron chi connectivity index (χ1n) is 3.85. The van der Waals surface area contributed by atoms with Gasteiger partial charge in [0.1, 0.15) is 0 Å². The molecule has 0 radical (unpaired) electrons. The Balaban J connectivity index is 3.70. The summed E-state index contributed by atoms with van der Waals surface area (Å²) in [5.41, 5.74) is 1.05. The molecule has 0 saturated heterocycles. The Morgan fingerprint density at radius 2 is 1.67 bits per heavy atom. The van der Waals surface area contributed by atoms with Crippen LogP contribution in [0.4, 0.5) is 0 Å². The normalized spacial score (nSPS) is 12.8. The van der Waals surface area contributed by atoms with Crippen LogP contribution in [0.2, 0.25) is 0 Å². The molecule has 0 atom stereocenters. The highest BCUT2D eigenvalue weighted by Crippen LogP contribution is 1.89. The minimum atomic E-state index is 1.05. The second-order valence-corrected chi connectivity index (χ2v) is 2.38. The van der Waals surface area contributed by atoms with Crippen molar-refractivity contribution in [3.05, 3.63) is 48.6 Å². The van der Waals surface area contributed by atoms with E-state index in [0.717, 1.165) is 5.57 Å². The first-order valence-corrected chi connectivity index (χ1v) is 3.85. The molecule has 64 valence electrons. The molecular weight excluding hydrogens is 146 g/mol. The summed E-state index contributed by atoms with van der Waals surface area (Å²) in [4.78, 5) is 3.80. The Morgan fingerprint density at radius 3 is 2.25 bits per heavy atom. The van der Waals surface area contributed by atoms with Gasteiger partial charge in [0.25, 0.3) is 0 Å². The van der Waals surface area contributed by atoms with Crippen molar-refractivity contribution < 1.29 is 0 Å². The maximum absolute atomic E-state index is 3.80. The minimum Gasteiger partial charge on any atom is -0.297 e. The summed E-state index contributed by atoms with van der Waals surface area (Å²) < 4.78 is 0. The van der Waals surface area contributed by atoms with Gasteiger partial charge >= 0.3 is 0 Å². The van der Waals surface area contributed by atoms with E-state index in [4.69, 9.17) is 0 Å². The van der Waals surface area contributed by atoms with Gasteiger partial charge in [0.05, 0.1) is 0 Å². The van der Waals surface area contributed by atoms with Crippen molar-refractivity contribution in [1.82, 2.24) is 0 Å². The van der Waals surface area contributed by atoms with Crippen LogP contribution in [0.5, 0.6) is 0 Å². The molecule has 0 aromatic carbocycles. The lowest BCUT2D eigenvalue weighted by atomic mass is 10.3. The summed E-state index contributed by atoms with van der Waals surface area (Å²) in [6, 6.07) is 0. The van der Waals surface area contributed by atoms with Crippen LogP contribution in [0.15, 0.2) is 53.6 Å². The third-order valence-corrected chi connectivity index (χ3v) is 1.06. The highest BCUT2D eigenvalue weighted by molar-refractivity contribution is 5.71. The van der Waals surface area contributed by atoms with Crippen molar-refractivity contribution in [2.45, 2.75) is 6.92 Å². The van der Waals surface area contributed by atoms with Crippen LogP contribution in [-0.4, -0.2) is 13.3 Å². The van der Waals surface area contributed by atoms with E-state index in [1.807, 2.05) is 43.4 Å². The molecule has 0 spiro atoms. The fourth-order valence-corrected chi connectivity index (χ4v) is 0.548. The standard InChI is InChI=1S/C11H15N/c1-11(2)9-7-5-4-6-8-10-12-3/h4-10H,1H2,2-3H3/b5-4+,8-6-,9-7+,12-10-. The minimum absolute atomic E-state index is 1.05. The quantitative estimate of drug-likeness (QED) is 0.444. The molecule has 0 fully saturated rings. The molecule has 1 heteroatoms. The van der Waals surface area contributed by atoms with Crippen LogP contribution in [0.25, 0.3) is 0 Å². The van der Waals surface area contributed by atoms with Gasteiger partial charge in [0.2, 0.25) is 0 Å². The van der Waals surface area contributed by atoms with Crippen molar-refractivity contribution in [2.24, 2.45) is 4.99 Å². The highest BCUT2D eigenvalue weighted by atomic mass is 14.6. The van der Waals surface area contributed by atoms with E-state index in [9.17, 15) is 0 Å². The third kappa shape index (κ3) is 8.63. The fraction of sp³-hybridized carbons (Fsp3) is 0.182. The van der Waals surface area contributed by atoms with Gasteiger partial charge in [-0.15, -0.1) is 0 Å². The predicted molar refractivity (Wildman–Crippen MR) is 56.7 cm³/mol. The largest absolute Gasteiger partial charge is 0.297 e. The Kier molecular flexibility index (Phi) is 6.85. The second-order valence-electron chi connectivity index (χ2n) is 2.38. The summed E-state index contributed by atoms with van der Waals surface area (Å²) in [7, 11) is 1.75. The average Bonchev–Trinajstić information content (AvgIpc) is 2.02. The lowest BCUT2D eigenvalue weighted by Gasteiger charge is -1.79. The molecule has 0 aromatic rings. The van der Waals surface area contributed by atoms with Gasteiger partial charge in [-0.1, -0.05) is 42.5 Å². The summed E-state index contributed by atoms with van der Waals surface area (Å²) in [5, 5.41) is 0. The van der Waals surface area contributed by atoms with E-state index in [2.05, 4.69) is 11.6 Å². The molecule has 0 bridgehead atoms. The molecule has 1 nitrogen and oxygen atoms in total. The van der Waals surface area contributed by atoms with Crippen molar-refractivity contribution in [1.29, 1.82) is 0 Å². The maximum Gasteiger partial charge on any atom is 0.0277 e. The zero-order valence-electron chi connectivity index (χ0n) is 7.70. The molecule has 12 heavy (non-hydrogen) atoms. The smallest absolute Gasteiger partial charge is 0.0277 e. The van der Waals surface area contributed by atoms with E-state index in [0.29, 0.717) is 0 Å². The van der Waals surface area contributed by atoms with Gasteiger partial charge in [-0.3, -0.25) is 4.99 Å². The molecule has 0 unspecified atom stereocenters. The van der Waals surface area contributed by atoms with Gasteiger partial charge in [0, 0.05) is 13.3 Å². The van der Waals surface area contributed by atoms with Crippen LogP contribution in [0.1, 0.15) is 6.92 Å². The zero-order valence-corrected chi connectivity index (χ0v) is 7.70. The fourth-order valence-electron chi connectivity index (χ4n) is 0.548. The molecular formula is C11H15N. The molecule has 0 aromatic heterocycles. The maximum atomic E-state index is 3.80. The van der Waals surface area contributed by atoms with Gasteiger partial charge in [0.15, 0.2) is 0 Å². The zero-order chi connectivity index (χ0) is 9.23. The second kappa shape index (κ2) is 7.73. The molecule has 0 heterocycles. The monoisotopic (exact) mass is 161 g/mol. The van der Waals surface area contributed by atoms with Crippen molar-refractivity contribution in [2.75, 3.05) is 7.05 Å². The predicted octanol–water partition coefficient (Wildman–Crippen LogP) is 2.93. The summed E-state index contributed by atoms with van der Waals surface area (Å²) in [6.07, 6.45) is 13.4. The van der Waals surface area contributed by atoms with E-state index >= 15 is 0 Å². The number of hydrogen-bond donors (Lipinski definition) is 0. The molecule has 0 amide bonds. The summed E-state index contributed by atoms with van der Waals surface area (Å²) in [5.74, 6) is 0. The SMILES string of the molecule is C=C(C)/C=C/C=C/C=C\C=N/C. The Bertz CT molecular complexity index is 229. The average molecular weight is 161 g/mol. The topological polar surface area (TPSA) is 12.4 Å². The van der Waals surface area contributed by atoms with Crippen molar-refractivity contribution in [3.8, 4) is 0 Å². The van der Waals surface area contributed by atoms with E-state index < -0.39 is 0 Å². The number of aliphatic imine (C=N–C) groups is 1. The van der Waals surface area contributed by atoms with Crippen molar-refractivity contribution in [3.63, 3.8) is 0 Å². The molecule has 0 aliphatic carbocycles. The third-order valence-electron chi connectivity index (χ3n) is 1.06. The van der Waals surface area contributed by atoms with Gasteiger partial charge < -0.3 is 0 Å². The lowest BCUT2D eigenvalue weighted by Crippen LogP contribution is -1.60. The number of allylic oxidation sites excluding steroid dienone is 7. The van der Waals surface area contributed by atoms with Crippen LogP contribution in [0, 0.1) is 0 Å². The molecule has 0 aliphatic heterocycles. The Morgan fingerprint density at radius 1 is 1.08 bits per heavy atom. The first kappa shape index (κ1) is 10.6. The van der Waals surface area contributed by atoms with E-state index in [1.165, 1.54) is 0 Å². The Hall–Kier alpha value is -1.37. The van der Waals surface area contributed by atoms with Crippen LogP contribution in [-0.2, 0) is 0 Å². The lowest BCUT2D eigenvalue weighted by molar-refractivity contribution is 1.48. The first-order chi connectivity index (χ1) is 5.77. The number of hydrogen-bond acceptors (Lipinski definition) is 1. The molecule has 0 saturated carbocycles.